The molecule has 1 aliphatic rings. The third kappa shape index (κ3) is 3.21. The van der Waals surface area contributed by atoms with Gasteiger partial charge in [-0.3, -0.25) is 9.69 Å². The summed E-state index contributed by atoms with van der Waals surface area (Å²) >= 11 is 5.31. The highest BCUT2D eigenvalue weighted by Gasteiger charge is 2.31. The van der Waals surface area contributed by atoms with Gasteiger partial charge in [-0.05, 0) is 48.1 Å². The van der Waals surface area contributed by atoms with Crippen molar-refractivity contribution < 1.29 is 19.0 Å². The van der Waals surface area contributed by atoms with Crippen LogP contribution in [0.5, 0.6) is 17.2 Å². The van der Waals surface area contributed by atoms with Crippen LogP contribution in [-0.2, 0) is 4.79 Å². The molecule has 7 heteroatoms. The number of nitrogens with one attached hydrogen (secondary N) is 1. The molecule has 2 aromatic rings. The molecule has 0 radical (unpaired) electrons. The topological polar surface area (TPSA) is 60.0 Å². The molecule has 134 valence electrons. The van der Waals surface area contributed by atoms with Gasteiger partial charge in [0.05, 0.1) is 27.0 Å². The molecule has 0 spiro atoms. The van der Waals surface area contributed by atoms with Crippen molar-refractivity contribution in [3.05, 3.63) is 53.7 Å². The Morgan fingerprint density at radius 2 is 1.62 bits per heavy atom. The third-order valence-electron chi connectivity index (χ3n) is 3.89. The Kier molecular flexibility index (Phi) is 5.09. The molecule has 1 heterocycles. The quantitative estimate of drug-likeness (QED) is 0.645. The van der Waals surface area contributed by atoms with Crippen LogP contribution < -0.4 is 24.4 Å². The predicted molar refractivity (Wildman–Crippen MR) is 104 cm³/mol. The van der Waals surface area contributed by atoms with Crippen LogP contribution in [0.15, 0.2) is 48.2 Å². The Bertz CT molecular complexity index is 855. The number of anilines is 1. The minimum Gasteiger partial charge on any atom is -0.493 e. The van der Waals surface area contributed by atoms with E-state index in [-0.39, 0.29) is 5.91 Å². The summed E-state index contributed by atoms with van der Waals surface area (Å²) in [5, 5.41) is 3.29. The number of nitrogens with zero attached hydrogens (tertiary/aromatic N) is 1. The van der Waals surface area contributed by atoms with Crippen LogP contribution in [-0.4, -0.2) is 32.3 Å². The Hall–Kier alpha value is -3.06. The molecule has 0 unspecified atom stereocenters. The summed E-state index contributed by atoms with van der Waals surface area (Å²) in [6.07, 6.45) is 1.70. The second-order valence-electron chi connectivity index (χ2n) is 5.42. The van der Waals surface area contributed by atoms with Crippen molar-refractivity contribution in [3.63, 3.8) is 0 Å². The van der Waals surface area contributed by atoms with Crippen LogP contribution >= 0.6 is 12.2 Å². The van der Waals surface area contributed by atoms with Gasteiger partial charge in [0.15, 0.2) is 16.6 Å². The molecular formula is C19H18N2O4S. The zero-order valence-electron chi connectivity index (χ0n) is 14.6. The van der Waals surface area contributed by atoms with E-state index >= 15 is 0 Å². The Morgan fingerprint density at radius 3 is 2.15 bits per heavy atom. The highest BCUT2D eigenvalue weighted by atomic mass is 32.1. The van der Waals surface area contributed by atoms with Crippen molar-refractivity contribution in [3.8, 4) is 17.2 Å². The van der Waals surface area contributed by atoms with Gasteiger partial charge >= 0.3 is 0 Å². The first-order valence-electron chi connectivity index (χ1n) is 7.81. The van der Waals surface area contributed by atoms with Crippen LogP contribution in [0.1, 0.15) is 5.56 Å². The van der Waals surface area contributed by atoms with E-state index in [9.17, 15) is 4.79 Å². The van der Waals surface area contributed by atoms with Gasteiger partial charge < -0.3 is 19.5 Å². The van der Waals surface area contributed by atoms with E-state index < -0.39 is 0 Å². The van der Waals surface area contributed by atoms with Crippen molar-refractivity contribution in [2.24, 2.45) is 0 Å². The maximum atomic E-state index is 12.8. The summed E-state index contributed by atoms with van der Waals surface area (Å²) in [5.74, 6) is 1.28. The van der Waals surface area contributed by atoms with Crippen LogP contribution in [0.4, 0.5) is 5.69 Å². The number of para-hydroxylation sites is 1. The van der Waals surface area contributed by atoms with Crippen LogP contribution in [0.25, 0.3) is 6.08 Å². The molecule has 0 aromatic heterocycles. The second kappa shape index (κ2) is 7.45. The Labute approximate surface area is 157 Å². The number of rotatable bonds is 5. The summed E-state index contributed by atoms with van der Waals surface area (Å²) in [4.78, 5) is 14.2. The first-order valence-corrected chi connectivity index (χ1v) is 8.22. The molecule has 1 amide bonds. The number of carbonyl (C=O) groups excluding carboxylic acids is 1. The lowest BCUT2D eigenvalue weighted by atomic mass is 10.1. The molecule has 1 aliphatic heterocycles. The number of hydrogen-bond donors (Lipinski definition) is 1. The van der Waals surface area contributed by atoms with E-state index in [1.807, 2.05) is 30.3 Å². The Morgan fingerprint density at radius 1 is 1.00 bits per heavy atom. The number of carbonyl (C=O) groups is 1. The maximum absolute atomic E-state index is 12.8. The van der Waals surface area contributed by atoms with Crippen molar-refractivity contribution in [2.45, 2.75) is 0 Å². The summed E-state index contributed by atoms with van der Waals surface area (Å²) in [6, 6.07) is 12.8. The lowest BCUT2D eigenvalue weighted by Gasteiger charge is -2.13. The van der Waals surface area contributed by atoms with Gasteiger partial charge in [-0.1, -0.05) is 18.2 Å². The molecule has 0 bridgehead atoms. The highest BCUT2D eigenvalue weighted by Crippen LogP contribution is 2.38. The summed E-state index contributed by atoms with van der Waals surface area (Å²) in [6.45, 7) is 0. The molecular weight excluding hydrogens is 352 g/mol. The summed E-state index contributed by atoms with van der Waals surface area (Å²) < 4.78 is 16.0. The van der Waals surface area contributed by atoms with E-state index in [0.29, 0.717) is 39.3 Å². The van der Waals surface area contributed by atoms with Gasteiger partial charge in [-0.2, -0.15) is 0 Å². The van der Waals surface area contributed by atoms with Crippen LogP contribution in [0.2, 0.25) is 0 Å². The normalized spacial score (nSPS) is 15.2. The van der Waals surface area contributed by atoms with Crippen molar-refractivity contribution >= 4 is 35.0 Å². The van der Waals surface area contributed by atoms with Gasteiger partial charge in [0.1, 0.15) is 5.70 Å². The second-order valence-corrected chi connectivity index (χ2v) is 5.81. The summed E-state index contributed by atoms with van der Waals surface area (Å²) in [5.41, 5.74) is 1.80. The predicted octanol–water partition coefficient (Wildman–Crippen LogP) is 2.97. The fourth-order valence-corrected chi connectivity index (χ4v) is 3.00. The van der Waals surface area contributed by atoms with Crippen molar-refractivity contribution in [2.75, 3.05) is 26.2 Å². The molecule has 0 aliphatic carbocycles. The smallest absolute Gasteiger partial charge is 0.281 e. The number of methoxy groups -OCH3 is 3. The molecule has 0 atom stereocenters. The minimum atomic E-state index is -0.227. The lowest BCUT2D eigenvalue weighted by molar-refractivity contribution is -0.113. The van der Waals surface area contributed by atoms with Gasteiger partial charge in [-0.15, -0.1) is 0 Å². The SMILES string of the molecule is COc1cc(/C=C2/NC(=S)N(c3ccccc3)C2=O)cc(OC)c1OC. The maximum Gasteiger partial charge on any atom is 0.281 e. The fraction of sp³-hybridized carbons (Fsp3) is 0.158. The molecule has 1 N–H and O–H groups in total. The Balaban J connectivity index is 1.98. The molecule has 26 heavy (non-hydrogen) atoms. The first-order chi connectivity index (χ1) is 12.6. The molecule has 2 aromatic carbocycles. The molecule has 6 nitrogen and oxygen atoms in total. The number of amides is 1. The van der Waals surface area contributed by atoms with E-state index in [4.69, 9.17) is 26.4 Å². The number of ether oxygens (including phenoxy) is 3. The van der Waals surface area contributed by atoms with Gasteiger partial charge in [0.25, 0.3) is 5.91 Å². The highest BCUT2D eigenvalue weighted by molar-refractivity contribution is 7.80. The van der Waals surface area contributed by atoms with E-state index in [2.05, 4.69) is 5.32 Å². The number of hydrogen-bond acceptors (Lipinski definition) is 5. The van der Waals surface area contributed by atoms with Crippen molar-refractivity contribution in [1.82, 2.24) is 5.32 Å². The largest absolute Gasteiger partial charge is 0.493 e. The van der Waals surface area contributed by atoms with E-state index in [1.54, 1.807) is 32.4 Å². The third-order valence-corrected chi connectivity index (χ3v) is 4.18. The fourth-order valence-electron chi connectivity index (χ4n) is 2.70. The summed E-state index contributed by atoms with van der Waals surface area (Å²) in [7, 11) is 4.62. The van der Waals surface area contributed by atoms with Gasteiger partial charge in [0, 0.05) is 0 Å². The van der Waals surface area contributed by atoms with E-state index in [0.717, 1.165) is 0 Å². The first kappa shape index (κ1) is 17.8. The van der Waals surface area contributed by atoms with Crippen LogP contribution in [0.3, 0.4) is 0 Å². The molecule has 1 saturated heterocycles. The lowest BCUT2D eigenvalue weighted by Crippen LogP contribution is -2.30. The molecule has 3 rings (SSSR count). The zero-order valence-corrected chi connectivity index (χ0v) is 15.4. The molecule has 0 saturated carbocycles. The minimum absolute atomic E-state index is 0.227. The number of thiocarbonyl (C=S) groups is 1. The monoisotopic (exact) mass is 370 g/mol. The van der Waals surface area contributed by atoms with E-state index in [1.165, 1.54) is 12.0 Å². The van der Waals surface area contributed by atoms with Gasteiger partial charge in [-0.25, -0.2) is 0 Å². The molecule has 1 fully saturated rings. The van der Waals surface area contributed by atoms with Crippen LogP contribution in [0, 0.1) is 0 Å². The van der Waals surface area contributed by atoms with Gasteiger partial charge in [0.2, 0.25) is 5.75 Å². The standard InChI is InChI=1S/C19H18N2O4S/c1-23-15-10-12(11-16(24-2)17(15)25-3)9-14-18(22)21(19(26)20-14)13-7-5-4-6-8-13/h4-11H,1-3H3,(H,20,26)/b14-9+. The average Bonchev–Trinajstić information content (AvgIpc) is 2.94. The zero-order chi connectivity index (χ0) is 18.7. The number of benzene rings is 2. The average molecular weight is 370 g/mol. The van der Waals surface area contributed by atoms with Crippen molar-refractivity contribution in [1.29, 1.82) is 0 Å².